The molecule has 14 heteroatoms. The van der Waals surface area contributed by atoms with Gasteiger partial charge in [-0.15, -0.1) is 10.2 Å². The average Bonchev–Trinajstić information content (AvgIpc) is 3.32. The van der Waals surface area contributed by atoms with E-state index < -0.39 is 30.0 Å². The van der Waals surface area contributed by atoms with Crippen LogP contribution >= 0.6 is 0 Å². The lowest BCUT2D eigenvalue weighted by Crippen LogP contribution is -2.51. The molecule has 12 nitrogen and oxygen atoms in total. The number of sulfone groups is 1. The summed E-state index contributed by atoms with van der Waals surface area (Å²) >= 11 is 0. The van der Waals surface area contributed by atoms with Gasteiger partial charge in [-0.05, 0) is 22.9 Å². The second kappa shape index (κ2) is 8.98. The molecule has 1 aliphatic rings. The van der Waals surface area contributed by atoms with Crippen molar-refractivity contribution >= 4 is 37.6 Å². The van der Waals surface area contributed by atoms with Crippen LogP contribution in [0.3, 0.4) is 0 Å². The maximum Gasteiger partial charge on any atom is 0.240 e. The van der Waals surface area contributed by atoms with Crippen molar-refractivity contribution in [3.05, 3.63) is 48.7 Å². The number of aromatic amines is 1. The smallest absolute Gasteiger partial charge is 0.240 e. The largest absolute Gasteiger partial charge is 0.314 e. The number of tetrazole rings is 1. The Bertz CT molecular complexity index is 1560. The summed E-state index contributed by atoms with van der Waals surface area (Å²) in [5.74, 6) is -0.0965. The standard InChI is InChI=1S/C19H17N7O4S2.CH2O/c20-32(29,30)18-15(31(27,28)12-9-21-10-12)7-6-13(16(18)19-23-25-26-24-19)14-5-1-3-11-4-2-8-22-17(11)14;1-2/h1-8,12,21H,9-10H2,(H2,20,29,30)(H,23,24,25,26);1H2. The van der Waals surface area contributed by atoms with E-state index >= 15 is 0 Å². The number of sulfonamides is 1. The van der Waals surface area contributed by atoms with Crippen molar-refractivity contribution in [1.29, 1.82) is 0 Å². The predicted octanol–water partition coefficient (Wildman–Crippen LogP) is 0.290. The number of fused-ring (bicyclic) bond motifs is 1. The minimum absolute atomic E-state index is 0.0484. The molecule has 2 aromatic carbocycles. The number of carbonyl (C=O) groups excluding carboxylic acids is 1. The van der Waals surface area contributed by atoms with Gasteiger partial charge in [0.15, 0.2) is 9.84 Å². The number of hydrogen-bond donors (Lipinski definition) is 3. The molecule has 176 valence electrons. The Hall–Kier alpha value is -3.59. The number of hydrogen-bond acceptors (Lipinski definition) is 10. The zero-order chi connectivity index (χ0) is 24.5. The van der Waals surface area contributed by atoms with Crippen LogP contribution in [0, 0.1) is 0 Å². The second-order valence-electron chi connectivity index (χ2n) is 7.30. The van der Waals surface area contributed by atoms with E-state index in [-0.39, 0.29) is 29.4 Å². The van der Waals surface area contributed by atoms with Gasteiger partial charge in [0.25, 0.3) is 0 Å². The number of rotatable bonds is 5. The fourth-order valence-corrected chi connectivity index (χ4v) is 6.95. The summed E-state index contributed by atoms with van der Waals surface area (Å²) in [7, 11) is -8.51. The average molecular weight is 502 g/mol. The lowest BCUT2D eigenvalue weighted by Gasteiger charge is -2.28. The van der Waals surface area contributed by atoms with Crippen LogP contribution in [-0.4, -0.2) is 67.6 Å². The van der Waals surface area contributed by atoms with Crippen LogP contribution in [0.25, 0.3) is 33.4 Å². The van der Waals surface area contributed by atoms with Gasteiger partial charge < -0.3 is 10.1 Å². The molecule has 0 atom stereocenters. The molecule has 4 N–H and O–H groups in total. The molecule has 0 bridgehead atoms. The van der Waals surface area contributed by atoms with Crippen LogP contribution in [-0.2, 0) is 24.7 Å². The lowest BCUT2D eigenvalue weighted by molar-refractivity contribution is -0.0980. The van der Waals surface area contributed by atoms with Gasteiger partial charge >= 0.3 is 0 Å². The van der Waals surface area contributed by atoms with Crippen molar-refractivity contribution in [2.75, 3.05) is 13.1 Å². The van der Waals surface area contributed by atoms with E-state index in [0.717, 1.165) is 5.39 Å². The van der Waals surface area contributed by atoms with Crippen molar-refractivity contribution in [1.82, 2.24) is 30.9 Å². The van der Waals surface area contributed by atoms with Crippen LogP contribution in [0.1, 0.15) is 0 Å². The topological polar surface area (TPSA) is 191 Å². The van der Waals surface area contributed by atoms with Gasteiger partial charge in [-0.2, -0.15) is 5.21 Å². The number of aromatic nitrogens is 5. The maximum atomic E-state index is 13.2. The molecule has 1 aliphatic heterocycles. The molecule has 3 heterocycles. The molecule has 1 fully saturated rings. The quantitative estimate of drug-likeness (QED) is 0.342. The van der Waals surface area contributed by atoms with E-state index in [2.05, 4.69) is 30.9 Å². The van der Waals surface area contributed by atoms with E-state index in [9.17, 15) is 16.8 Å². The van der Waals surface area contributed by atoms with Gasteiger partial charge in [0.1, 0.15) is 11.7 Å². The summed E-state index contributed by atoms with van der Waals surface area (Å²) in [6.45, 7) is 2.44. The third kappa shape index (κ3) is 3.96. The van der Waals surface area contributed by atoms with Gasteiger partial charge in [-0.1, -0.05) is 30.3 Å². The van der Waals surface area contributed by atoms with Crippen LogP contribution in [0.4, 0.5) is 0 Å². The summed E-state index contributed by atoms with van der Waals surface area (Å²) in [6.07, 6.45) is 1.61. The number of pyridine rings is 1. The van der Waals surface area contributed by atoms with Crippen molar-refractivity contribution in [3.8, 4) is 22.5 Å². The molecule has 1 saturated heterocycles. The first kappa shape index (κ1) is 23.6. The Kier molecular flexibility index (Phi) is 6.22. The van der Waals surface area contributed by atoms with Crippen molar-refractivity contribution < 1.29 is 21.6 Å². The third-order valence-corrected chi connectivity index (χ3v) is 8.67. The van der Waals surface area contributed by atoms with E-state index in [4.69, 9.17) is 9.93 Å². The van der Waals surface area contributed by atoms with Crippen LogP contribution in [0.2, 0.25) is 0 Å². The molecular weight excluding hydrogens is 482 g/mol. The Morgan fingerprint density at radius 1 is 0.971 bits per heavy atom. The highest BCUT2D eigenvalue weighted by Crippen LogP contribution is 2.41. The molecule has 4 aromatic rings. The zero-order valence-corrected chi connectivity index (χ0v) is 19.2. The Morgan fingerprint density at radius 3 is 2.32 bits per heavy atom. The lowest BCUT2D eigenvalue weighted by atomic mass is 9.96. The monoisotopic (exact) mass is 501 g/mol. The molecule has 0 saturated carbocycles. The fraction of sp³-hybridized carbons (Fsp3) is 0.150. The first-order valence-electron chi connectivity index (χ1n) is 9.79. The molecule has 5 rings (SSSR count). The molecule has 0 spiro atoms. The van der Waals surface area contributed by atoms with Crippen molar-refractivity contribution in [3.63, 3.8) is 0 Å². The zero-order valence-electron chi connectivity index (χ0n) is 17.5. The minimum atomic E-state index is -4.52. The van der Waals surface area contributed by atoms with Crippen LogP contribution < -0.4 is 10.5 Å². The van der Waals surface area contributed by atoms with E-state index in [1.807, 2.05) is 18.9 Å². The first-order chi connectivity index (χ1) is 16.3. The normalized spacial score (nSPS) is 14.3. The number of nitrogens with zero attached hydrogens (tertiary/aromatic N) is 4. The van der Waals surface area contributed by atoms with E-state index in [0.29, 0.717) is 16.6 Å². The number of para-hydroxylation sites is 1. The first-order valence-corrected chi connectivity index (χ1v) is 12.9. The van der Waals surface area contributed by atoms with Gasteiger partial charge in [0.05, 0.1) is 21.2 Å². The Morgan fingerprint density at radius 2 is 1.71 bits per heavy atom. The number of carbonyl (C=O) groups is 1. The van der Waals surface area contributed by atoms with Gasteiger partial charge in [-0.25, -0.2) is 22.0 Å². The van der Waals surface area contributed by atoms with E-state index in [1.54, 1.807) is 24.4 Å². The summed E-state index contributed by atoms with van der Waals surface area (Å²) in [5.41, 5.74) is 1.49. The molecule has 0 radical (unpaired) electrons. The van der Waals surface area contributed by atoms with Gasteiger partial charge in [0.2, 0.25) is 15.8 Å². The fourth-order valence-electron chi connectivity index (χ4n) is 3.77. The Balaban J connectivity index is 0.00000133. The second-order valence-corrected chi connectivity index (χ2v) is 11.0. The highest BCUT2D eigenvalue weighted by molar-refractivity contribution is 7.94. The minimum Gasteiger partial charge on any atom is -0.314 e. The summed E-state index contributed by atoms with van der Waals surface area (Å²) in [6, 6.07) is 11.9. The molecule has 34 heavy (non-hydrogen) atoms. The van der Waals surface area contributed by atoms with Crippen molar-refractivity contribution in [2.45, 2.75) is 15.0 Å². The maximum absolute atomic E-state index is 13.2. The summed E-state index contributed by atoms with van der Waals surface area (Å²) in [4.78, 5) is 11.5. The Labute approximate surface area is 194 Å². The number of nitrogens with two attached hydrogens (primary N) is 1. The molecule has 0 aliphatic carbocycles. The van der Waals surface area contributed by atoms with Crippen LogP contribution in [0.15, 0.2) is 58.5 Å². The van der Waals surface area contributed by atoms with Crippen molar-refractivity contribution in [2.24, 2.45) is 5.14 Å². The molecule has 0 amide bonds. The predicted molar refractivity (Wildman–Crippen MR) is 123 cm³/mol. The summed E-state index contributed by atoms with van der Waals surface area (Å²) in [5, 5.41) is 22.2. The van der Waals surface area contributed by atoms with Gasteiger partial charge in [0, 0.05) is 30.2 Å². The van der Waals surface area contributed by atoms with E-state index in [1.165, 1.54) is 12.1 Å². The number of H-pyrrole nitrogens is 1. The SMILES string of the molecule is C=O.NS(=O)(=O)c1c(S(=O)(=O)C2CNC2)ccc(-c2cccc3cccnc23)c1-c1nn[nH]n1. The van der Waals surface area contributed by atoms with Gasteiger partial charge in [-0.3, -0.25) is 4.98 Å². The summed E-state index contributed by atoms with van der Waals surface area (Å²) < 4.78 is 52.0. The molecule has 0 unspecified atom stereocenters. The number of nitrogens with one attached hydrogen (secondary N) is 2. The highest BCUT2D eigenvalue weighted by atomic mass is 32.2. The number of primary sulfonamides is 1. The third-order valence-electron chi connectivity index (χ3n) is 5.39. The van der Waals surface area contributed by atoms with Crippen LogP contribution in [0.5, 0.6) is 0 Å². The molecule has 2 aromatic heterocycles. The number of benzene rings is 2. The highest BCUT2D eigenvalue weighted by Gasteiger charge is 2.38. The molecular formula is C20H19N7O5S2.